The van der Waals surface area contributed by atoms with E-state index in [2.05, 4.69) is 4.98 Å². The van der Waals surface area contributed by atoms with Gasteiger partial charge in [-0.2, -0.15) is 0 Å². The van der Waals surface area contributed by atoms with Gasteiger partial charge >= 0.3 is 0 Å². The third-order valence-electron chi connectivity index (χ3n) is 2.29. The van der Waals surface area contributed by atoms with Gasteiger partial charge in [0.1, 0.15) is 24.3 Å². The molecule has 1 atom stereocenters. The van der Waals surface area contributed by atoms with Crippen molar-refractivity contribution < 1.29 is 14.2 Å². The van der Waals surface area contributed by atoms with Gasteiger partial charge in [0.05, 0.1) is 0 Å². The lowest BCUT2D eigenvalue weighted by Crippen LogP contribution is -2.09. The number of hydrogen-bond acceptors (Lipinski definition) is 3. The normalized spacial score (nSPS) is 12.1. The maximum Gasteiger partial charge on any atom is 0.123 e. The van der Waals surface area contributed by atoms with Crippen LogP contribution in [0.1, 0.15) is 11.7 Å². The summed E-state index contributed by atoms with van der Waals surface area (Å²) in [6, 6.07) is 9.18. The lowest BCUT2D eigenvalue weighted by molar-refractivity contribution is 0.108. The van der Waals surface area contributed by atoms with Gasteiger partial charge in [0, 0.05) is 18.0 Å². The minimum Gasteiger partial charge on any atom is -0.491 e. The summed E-state index contributed by atoms with van der Waals surface area (Å²) in [6.07, 6.45) is 2.48. The zero-order valence-electron chi connectivity index (χ0n) is 9.08. The van der Waals surface area contributed by atoms with Gasteiger partial charge < -0.3 is 9.84 Å². The van der Waals surface area contributed by atoms with E-state index in [0.29, 0.717) is 11.3 Å². The van der Waals surface area contributed by atoms with E-state index >= 15 is 0 Å². The first-order valence-corrected chi connectivity index (χ1v) is 5.22. The highest BCUT2D eigenvalue weighted by atomic mass is 19.1. The minimum atomic E-state index is -0.742. The van der Waals surface area contributed by atoms with Crippen molar-refractivity contribution in [1.82, 2.24) is 4.98 Å². The molecule has 0 saturated heterocycles. The van der Waals surface area contributed by atoms with Crippen LogP contribution >= 0.6 is 0 Å². The fourth-order valence-electron chi connectivity index (χ4n) is 1.38. The molecular weight excluding hydrogens is 221 g/mol. The molecule has 3 nitrogen and oxygen atoms in total. The highest BCUT2D eigenvalue weighted by Gasteiger charge is 2.08. The maximum absolute atomic E-state index is 12.6. The number of pyridine rings is 1. The van der Waals surface area contributed by atoms with Crippen LogP contribution in [0.15, 0.2) is 48.8 Å². The van der Waals surface area contributed by atoms with E-state index in [4.69, 9.17) is 4.74 Å². The first-order chi connectivity index (χ1) is 8.25. The lowest BCUT2D eigenvalue weighted by atomic mass is 10.2. The number of benzene rings is 1. The van der Waals surface area contributed by atoms with Crippen molar-refractivity contribution in [3.05, 3.63) is 60.2 Å². The number of ether oxygens (including phenoxy) is 1. The smallest absolute Gasteiger partial charge is 0.123 e. The molecular formula is C13H12FNO2. The second kappa shape index (κ2) is 5.41. The zero-order chi connectivity index (χ0) is 12.1. The van der Waals surface area contributed by atoms with Crippen LogP contribution in [0, 0.1) is 5.82 Å². The van der Waals surface area contributed by atoms with Gasteiger partial charge in [-0.25, -0.2) is 4.39 Å². The van der Waals surface area contributed by atoms with Crippen LogP contribution in [0.2, 0.25) is 0 Å². The Bertz CT molecular complexity index is 459. The predicted molar refractivity (Wildman–Crippen MR) is 61.1 cm³/mol. The fourth-order valence-corrected chi connectivity index (χ4v) is 1.38. The van der Waals surface area contributed by atoms with Crippen LogP contribution in [0.3, 0.4) is 0 Å². The van der Waals surface area contributed by atoms with Gasteiger partial charge in [-0.3, -0.25) is 4.98 Å². The second-order valence-corrected chi connectivity index (χ2v) is 3.57. The van der Waals surface area contributed by atoms with E-state index in [1.807, 2.05) is 0 Å². The zero-order valence-corrected chi connectivity index (χ0v) is 9.08. The number of aromatic nitrogens is 1. The Morgan fingerprint density at radius 3 is 2.65 bits per heavy atom. The average Bonchev–Trinajstić information content (AvgIpc) is 2.39. The Labute approximate surface area is 98.5 Å². The van der Waals surface area contributed by atoms with Crippen LogP contribution in [0.5, 0.6) is 5.75 Å². The van der Waals surface area contributed by atoms with E-state index in [9.17, 15) is 9.50 Å². The van der Waals surface area contributed by atoms with Gasteiger partial charge in [-0.15, -0.1) is 0 Å². The summed E-state index contributed by atoms with van der Waals surface area (Å²) < 4.78 is 18.0. The number of nitrogens with zero attached hydrogens (tertiary/aromatic N) is 1. The quantitative estimate of drug-likeness (QED) is 0.881. The van der Waals surface area contributed by atoms with Gasteiger partial charge in [-0.1, -0.05) is 6.07 Å². The van der Waals surface area contributed by atoms with Crippen LogP contribution < -0.4 is 4.74 Å². The molecule has 2 rings (SSSR count). The summed E-state index contributed by atoms with van der Waals surface area (Å²) in [4.78, 5) is 3.91. The molecule has 1 heterocycles. The highest BCUT2D eigenvalue weighted by molar-refractivity contribution is 5.22. The highest BCUT2D eigenvalue weighted by Crippen LogP contribution is 2.15. The standard InChI is InChI=1S/C13H12FNO2/c14-11-3-5-12(6-4-11)17-9-13(16)10-2-1-7-15-8-10/h1-8,13,16H,9H2. The van der Waals surface area contributed by atoms with Gasteiger partial charge in [-0.05, 0) is 30.3 Å². The maximum atomic E-state index is 12.6. The first-order valence-electron chi connectivity index (χ1n) is 5.22. The van der Waals surface area contributed by atoms with Crippen LogP contribution in [0.25, 0.3) is 0 Å². The van der Waals surface area contributed by atoms with Crippen molar-refractivity contribution in [2.75, 3.05) is 6.61 Å². The Morgan fingerprint density at radius 1 is 1.24 bits per heavy atom. The van der Waals surface area contributed by atoms with Crippen molar-refractivity contribution in [3.8, 4) is 5.75 Å². The van der Waals surface area contributed by atoms with E-state index in [1.165, 1.54) is 24.3 Å². The molecule has 0 saturated carbocycles. The summed E-state index contributed by atoms with van der Waals surface area (Å²) in [5.74, 6) is 0.208. The number of aliphatic hydroxyl groups is 1. The molecule has 0 fully saturated rings. The molecule has 0 aliphatic heterocycles. The molecule has 1 aromatic carbocycles. The van der Waals surface area contributed by atoms with Gasteiger partial charge in [0.15, 0.2) is 0 Å². The molecule has 2 aromatic rings. The number of halogens is 1. The van der Waals surface area contributed by atoms with E-state index < -0.39 is 6.10 Å². The molecule has 17 heavy (non-hydrogen) atoms. The van der Waals surface area contributed by atoms with Crippen LogP contribution in [-0.4, -0.2) is 16.7 Å². The first kappa shape index (κ1) is 11.5. The fraction of sp³-hybridized carbons (Fsp3) is 0.154. The molecule has 0 bridgehead atoms. The Morgan fingerprint density at radius 2 is 2.00 bits per heavy atom. The predicted octanol–water partition coefficient (Wildman–Crippen LogP) is 2.33. The molecule has 0 aliphatic rings. The Kier molecular flexibility index (Phi) is 3.67. The largest absolute Gasteiger partial charge is 0.491 e. The van der Waals surface area contributed by atoms with Crippen molar-refractivity contribution >= 4 is 0 Å². The molecule has 1 N–H and O–H groups in total. The SMILES string of the molecule is OC(COc1ccc(F)cc1)c1cccnc1. The lowest BCUT2D eigenvalue weighted by Gasteiger charge is -2.12. The molecule has 0 radical (unpaired) electrons. The molecule has 4 heteroatoms. The number of hydrogen-bond donors (Lipinski definition) is 1. The Balaban J connectivity index is 1.92. The summed E-state index contributed by atoms with van der Waals surface area (Å²) in [5.41, 5.74) is 0.689. The van der Waals surface area contributed by atoms with E-state index in [0.717, 1.165) is 0 Å². The molecule has 0 spiro atoms. The Hall–Kier alpha value is -1.94. The van der Waals surface area contributed by atoms with E-state index in [1.54, 1.807) is 24.5 Å². The summed E-state index contributed by atoms with van der Waals surface area (Å²) in [6.45, 7) is 0.108. The third kappa shape index (κ3) is 3.26. The molecule has 0 aliphatic carbocycles. The third-order valence-corrected chi connectivity index (χ3v) is 2.29. The van der Waals surface area contributed by atoms with Gasteiger partial charge in [0.2, 0.25) is 0 Å². The number of aliphatic hydroxyl groups excluding tert-OH is 1. The second-order valence-electron chi connectivity index (χ2n) is 3.57. The van der Waals surface area contributed by atoms with Crippen LogP contribution in [0.4, 0.5) is 4.39 Å². The molecule has 0 amide bonds. The van der Waals surface area contributed by atoms with Gasteiger partial charge in [0.25, 0.3) is 0 Å². The summed E-state index contributed by atoms with van der Waals surface area (Å²) in [7, 11) is 0. The number of rotatable bonds is 4. The van der Waals surface area contributed by atoms with Crippen molar-refractivity contribution in [1.29, 1.82) is 0 Å². The summed E-state index contributed by atoms with van der Waals surface area (Å²) in [5, 5.41) is 9.80. The van der Waals surface area contributed by atoms with E-state index in [-0.39, 0.29) is 12.4 Å². The van der Waals surface area contributed by atoms with Crippen LogP contribution in [-0.2, 0) is 0 Å². The van der Waals surface area contributed by atoms with Crippen molar-refractivity contribution in [2.24, 2.45) is 0 Å². The molecule has 1 aromatic heterocycles. The molecule has 1 unspecified atom stereocenters. The minimum absolute atomic E-state index is 0.108. The summed E-state index contributed by atoms with van der Waals surface area (Å²) >= 11 is 0. The average molecular weight is 233 g/mol. The molecule has 88 valence electrons. The van der Waals surface area contributed by atoms with Crippen molar-refractivity contribution in [2.45, 2.75) is 6.10 Å². The van der Waals surface area contributed by atoms with Crippen molar-refractivity contribution in [3.63, 3.8) is 0 Å². The topological polar surface area (TPSA) is 42.4 Å². The monoisotopic (exact) mass is 233 g/mol.